The lowest BCUT2D eigenvalue weighted by Gasteiger charge is -1.92. The topological polar surface area (TPSA) is 28.1 Å². The molecule has 0 N–H and O–H groups in total. The predicted molar refractivity (Wildman–Crippen MR) is 47.0 cm³/mol. The maximum absolute atomic E-state index is 8.68. The number of rotatable bonds is 0. The third-order valence-electron chi connectivity index (χ3n) is 1.65. The molecule has 2 nitrogen and oxygen atoms in total. The van der Waals surface area contributed by atoms with Crippen LogP contribution in [0.5, 0.6) is 0 Å². The molecule has 0 spiro atoms. The summed E-state index contributed by atoms with van der Waals surface area (Å²) in [5, 5.41) is 8.68. The molecule has 1 unspecified atom stereocenters. The monoisotopic (exact) mass is 156 g/mol. The molecule has 12 heavy (non-hydrogen) atoms. The molecule has 0 heterocycles. The van der Waals surface area contributed by atoms with Gasteiger partial charge in [0.1, 0.15) is 11.6 Å². The van der Waals surface area contributed by atoms with Crippen LogP contribution in [-0.2, 0) is 0 Å². The van der Waals surface area contributed by atoms with Crippen LogP contribution in [0.1, 0.15) is 6.92 Å². The third kappa shape index (κ3) is 1.62. The van der Waals surface area contributed by atoms with Crippen LogP contribution in [0.4, 0.5) is 0 Å². The van der Waals surface area contributed by atoms with E-state index < -0.39 is 6.04 Å². The van der Waals surface area contributed by atoms with Gasteiger partial charge in [0.05, 0.1) is 0 Å². The van der Waals surface area contributed by atoms with Gasteiger partial charge in [-0.25, -0.2) is 6.57 Å². The highest BCUT2D eigenvalue weighted by Gasteiger charge is 2.15. The van der Waals surface area contributed by atoms with Gasteiger partial charge in [-0.2, -0.15) is 5.26 Å². The van der Waals surface area contributed by atoms with Crippen molar-refractivity contribution in [2.24, 2.45) is 0 Å². The Kier molecular flexibility index (Phi) is 2.46. The van der Waals surface area contributed by atoms with E-state index in [0.717, 1.165) is 5.57 Å². The summed E-state index contributed by atoms with van der Waals surface area (Å²) in [5.41, 5.74) is 1.58. The fraction of sp³-hybridized carbons (Fsp3) is 0.200. The average molecular weight is 156 g/mol. The van der Waals surface area contributed by atoms with Crippen molar-refractivity contribution < 1.29 is 0 Å². The summed E-state index contributed by atoms with van der Waals surface area (Å²) in [7, 11) is 0. The summed E-state index contributed by atoms with van der Waals surface area (Å²) < 4.78 is 0. The van der Waals surface area contributed by atoms with E-state index in [2.05, 4.69) is 4.85 Å². The molecule has 0 amide bonds. The molecule has 0 aromatic carbocycles. The molecular formula is C10H8N2. The first-order valence-corrected chi connectivity index (χ1v) is 3.61. The summed E-state index contributed by atoms with van der Waals surface area (Å²) in [6, 6.07) is 1.62. The van der Waals surface area contributed by atoms with E-state index in [0.29, 0.717) is 5.57 Å². The van der Waals surface area contributed by atoms with Crippen LogP contribution in [0.25, 0.3) is 4.85 Å². The lowest BCUT2D eigenvalue weighted by molar-refractivity contribution is 1.16. The van der Waals surface area contributed by atoms with Gasteiger partial charge in [-0.15, -0.1) is 0 Å². The van der Waals surface area contributed by atoms with Crippen LogP contribution >= 0.6 is 0 Å². The average Bonchev–Trinajstić information content (AvgIpc) is 2.27. The van der Waals surface area contributed by atoms with E-state index in [1.54, 1.807) is 12.2 Å². The first-order valence-electron chi connectivity index (χ1n) is 3.61. The smallest absolute Gasteiger partial charge is 0.277 e. The highest BCUT2D eigenvalue weighted by atomic mass is 14.7. The molecule has 0 aromatic heterocycles. The lowest BCUT2D eigenvalue weighted by atomic mass is 10.1. The Bertz CT molecular complexity index is 345. The van der Waals surface area contributed by atoms with E-state index in [4.69, 9.17) is 11.8 Å². The van der Waals surface area contributed by atoms with Crippen LogP contribution < -0.4 is 0 Å². The maximum atomic E-state index is 8.68. The van der Waals surface area contributed by atoms with E-state index in [-0.39, 0.29) is 0 Å². The second kappa shape index (κ2) is 3.55. The predicted octanol–water partition coefficient (Wildman–Crippen LogP) is 2.24. The lowest BCUT2D eigenvalue weighted by Crippen LogP contribution is -1.98. The number of nitriles is 1. The molecule has 0 saturated heterocycles. The van der Waals surface area contributed by atoms with Crippen LogP contribution in [0, 0.1) is 17.9 Å². The molecule has 1 aliphatic carbocycles. The second-order valence-electron chi connectivity index (χ2n) is 2.58. The molecule has 1 atom stereocenters. The van der Waals surface area contributed by atoms with Crippen molar-refractivity contribution in [3.8, 4) is 6.07 Å². The highest BCUT2D eigenvalue weighted by molar-refractivity contribution is 5.42. The zero-order valence-electron chi connectivity index (χ0n) is 6.78. The van der Waals surface area contributed by atoms with E-state index in [1.165, 1.54) is 0 Å². The summed E-state index contributed by atoms with van der Waals surface area (Å²) in [6.07, 6.45) is 7.17. The molecule has 0 bridgehead atoms. The van der Waals surface area contributed by atoms with Gasteiger partial charge in [-0.1, -0.05) is 17.7 Å². The SMILES string of the molecule is [C-]#[N+]C1C=CC(C)=CC=C1C#N. The number of hydrogen-bond donors (Lipinski definition) is 0. The van der Waals surface area contributed by atoms with Crippen molar-refractivity contribution in [3.63, 3.8) is 0 Å². The van der Waals surface area contributed by atoms with Crippen LogP contribution in [0.15, 0.2) is 35.5 Å². The van der Waals surface area contributed by atoms with Crippen LogP contribution in [-0.4, -0.2) is 6.04 Å². The van der Waals surface area contributed by atoms with Crippen molar-refractivity contribution in [2.45, 2.75) is 13.0 Å². The summed E-state index contributed by atoms with van der Waals surface area (Å²) in [5.74, 6) is 0. The molecule has 58 valence electrons. The van der Waals surface area contributed by atoms with E-state index in [9.17, 15) is 0 Å². The fourth-order valence-electron chi connectivity index (χ4n) is 0.938. The second-order valence-corrected chi connectivity index (χ2v) is 2.58. The number of hydrogen-bond acceptors (Lipinski definition) is 1. The Balaban J connectivity index is 3.06. The quantitative estimate of drug-likeness (QED) is 0.494. The third-order valence-corrected chi connectivity index (χ3v) is 1.65. The van der Waals surface area contributed by atoms with Gasteiger partial charge in [-0.05, 0) is 13.0 Å². The van der Waals surface area contributed by atoms with Gasteiger partial charge in [0, 0.05) is 6.08 Å². The van der Waals surface area contributed by atoms with Crippen molar-refractivity contribution in [1.29, 1.82) is 5.26 Å². The number of nitrogens with zero attached hydrogens (tertiary/aromatic N) is 2. The molecule has 1 aliphatic rings. The minimum absolute atomic E-state index is 0.399. The molecule has 1 rings (SSSR count). The standard InChI is InChI=1S/C10H8N2/c1-8-3-5-9(7-11)10(12-2)6-4-8/h3-6,10H,1H3. The number of allylic oxidation sites excluding steroid dienone is 4. The van der Waals surface area contributed by atoms with Gasteiger partial charge >= 0.3 is 0 Å². The molecule has 0 fully saturated rings. The summed E-state index contributed by atoms with van der Waals surface area (Å²) >= 11 is 0. The molecule has 0 aromatic rings. The normalized spacial score (nSPS) is 21.4. The Morgan fingerprint density at radius 3 is 2.92 bits per heavy atom. The van der Waals surface area contributed by atoms with Gasteiger partial charge in [0.2, 0.25) is 0 Å². The van der Waals surface area contributed by atoms with Crippen LogP contribution in [0.2, 0.25) is 0 Å². The molecule has 0 saturated carbocycles. The first-order chi connectivity index (χ1) is 5.77. The molecule has 0 radical (unpaired) electrons. The van der Waals surface area contributed by atoms with Gasteiger partial charge < -0.3 is 4.85 Å². The van der Waals surface area contributed by atoms with Crippen LogP contribution in [0.3, 0.4) is 0 Å². The first kappa shape index (κ1) is 8.30. The Hall–Kier alpha value is -1.80. The Labute approximate surface area is 71.9 Å². The highest BCUT2D eigenvalue weighted by Crippen LogP contribution is 2.13. The Morgan fingerprint density at radius 2 is 2.33 bits per heavy atom. The maximum Gasteiger partial charge on any atom is 0.277 e. The van der Waals surface area contributed by atoms with Crippen molar-refractivity contribution in [2.75, 3.05) is 0 Å². The van der Waals surface area contributed by atoms with Crippen molar-refractivity contribution in [1.82, 2.24) is 0 Å². The molecule has 0 aliphatic heterocycles. The van der Waals surface area contributed by atoms with Gasteiger partial charge in [-0.3, -0.25) is 0 Å². The minimum atomic E-state index is -0.399. The molecule has 2 heteroatoms. The van der Waals surface area contributed by atoms with E-state index in [1.807, 2.05) is 25.1 Å². The van der Waals surface area contributed by atoms with E-state index >= 15 is 0 Å². The van der Waals surface area contributed by atoms with Crippen molar-refractivity contribution in [3.05, 3.63) is 46.9 Å². The van der Waals surface area contributed by atoms with Gasteiger partial charge in [0.25, 0.3) is 6.04 Å². The summed E-state index contributed by atoms with van der Waals surface area (Å²) in [6.45, 7) is 8.79. The largest absolute Gasteiger partial charge is 0.303 e. The fourth-order valence-corrected chi connectivity index (χ4v) is 0.938. The minimum Gasteiger partial charge on any atom is -0.303 e. The Morgan fingerprint density at radius 1 is 1.58 bits per heavy atom. The summed E-state index contributed by atoms with van der Waals surface area (Å²) in [4.78, 5) is 3.33. The molecular weight excluding hydrogens is 148 g/mol. The van der Waals surface area contributed by atoms with Crippen molar-refractivity contribution >= 4 is 0 Å². The zero-order chi connectivity index (χ0) is 8.97. The zero-order valence-corrected chi connectivity index (χ0v) is 6.78. The van der Waals surface area contributed by atoms with Gasteiger partial charge in [0.15, 0.2) is 0 Å².